The van der Waals surface area contributed by atoms with Crippen molar-refractivity contribution < 1.29 is 13.2 Å². The van der Waals surface area contributed by atoms with Crippen LogP contribution in [-0.2, 0) is 6.42 Å². The first-order chi connectivity index (χ1) is 19.5. The molecule has 0 saturated heterocycles. The maximum absolute atomic E-state index is 15.3. The first-order valence-corrected chi connectivity index (χ1v) is 15.5. The summed E-state index contributed by atoms with van der Waals surface area (Å²) in [6.07, 6.45) is 17.0. The Hall–Kier alpha value is -2.81. The van der Waals surface area contributed by atoms with Gasteiger partial charge in [-0.3, -0.25) is 0 Å². The third-order valence-corrected chi connectivity index (χ3v) is 9.61. The van der Waals surface area contributed by atoms with Gasteiger partial charge in [0.15, 0.2) is 11.6 Å². The molecule has 0 radical (unpaired) electrons. The average Bonchev–Trinajstić information content (AvgIpc) is 2.99. The molecule has 2 aliphatic carbocycles. The molecule has 0 N–H and O–H groups in total. The van der Waals surface area contributed by atoms with Gasteiger partial charge in [0.1, 0.15) is 5.82 Å². The lowest BCUT2D eigenvalue weighted by molar-refractivity contribution is 0.187. The van der Waals surface area contributed by atoms with Crippen molar-refractivity contribution in [3.8, 4) is 22.3 Å². The molecular weight excluding hydrogens is 501 g/mol. The minimum atomic E-state index is -0.819. The van der Waals surface area contributed by atoms with E-state index in [1.54, 1.807) is 37.3 Å². The second-order valence-corrected chi connectivity index (χ2v) is 12.1. The smallest absolute Gasteiger partial charge is 0.166 e. The lowest BCUT2D eigenvalue weighted by Crippen LogP contribution is -2.23. The normalized spacial score (nSPS) is 21.3. The van der Waals surface area contributed by atoms with Crippen molar-refractivity contribution in [3.05, 3.63) is 89.3 Å². The molecule has 3 aromatic rings. The molecule has 2 aliphatic rings. The van der Waals surface area contributed by atoms with E-state index in [-0.39, 0.29) is 11.4 Å². The molecule has 0 heterocycles. The lowest BCUT2D eigenvalue weighted by atomic mass is 9.70. The van der Waals surface area contributed by atoms with Gasteiger partial charge in [0.2, 0.25) is 0 Å². The predicted octanol–water partition coefficient (Wildman–Crippen LogP) is 11.6. The Morgan fingerprint density at radius 2 is 1.38 bits per heavy atom. The minimum absolute atomic E-state index is 0.192. The zero-order valence-electron chi connectivity index (χ0n) is 24.1. The highest BCUT2D eigenvalue weighted by Gasteiger charge is 2.29. The highest BCUT2D eigenvalue weighted by Crippen LogP contribution is 2.43. The van der Waals surface area contributed by atoms with Crippen molar-refractivity contribution >= 4 is 5.57 Å². The summed E-state index contributed by atoms with van der Waals surface area (Å²) in [6.45, 7) is 4.09. The van der Waals surface area contributed by atoms with Crippen LogP contribution in [0.2, 0.25) is 0 Å². The van der Waals surface area contributed by atoms with E-state index in [1.807, 2.05) is 24.3 Å². The van der Waals surface area contributed by atoms with E-state index in [0.29, 0.717) is 23.1 Å². The number of allylic oxidation sites excluding steroid dienone is 2. The molecule has 1 unspecified atom stereocenters. The van der Waals surface area contributed by atoms with Crippen LogP contribution in [0.5, 0.6) is 0 Å². The molecule has 3 heteroatoms. The summed E-state index contributed by atoms with van der Waals surface area (Å²) in [7, 11) is 0. The number of rotatable bonds is 9. The van der Waals surface area contributed by atoms with Crippen LogP contribution in [0.25, 0.3) is 27.8 Å². The van der Waals surface area contributed by atoms with Crippen molar-refractivity contribution in [3.63, 3.8) is 0 Å². The van der Waals surface area contributed by atoms with E-state index in [1.165, 1.54) is 51.4 Å². The molecule has 1 fully saturated rings. The van der Waals surface area contributed by atoms with Gasteiger partial charge in [-0.05, 0) is 90.2 Å². The highest BCUT2D eigenvalue weighted by atomic mass is 19.2. The Morgan fingerprint density at radius 1 is 0.675 bits per heavy atom. The van der Waals surface area contributed by atoms with Crippen molar-refractivity contribution in [1.82, 2.24) is 0 Å². The van der Waals surface area contributed by atoms with E-state index < -0.39 is 11.6 Å². The Balaban J connectivity index is 1.21. The zero-order chi connectivity index (χ0) is 28.1. The van der Waals surface area contributed by atoms with Crippen LogP contribution in [0.15, 0.2) is 60.7 Å². The largest absolute Gasteiger partial charge is 0.206 e. The van der Waals surface area contributed by atoms with Crippen LogP contribution in [-0.4, -0.2) is 0 Å². The number of hydrogen-bond acceptors (Lipinski definition) is 0. The van der Waals surface area contributed by atoms with Crippen molar-refractivity contribution in [2.24, 2.45) is 17.8 Å². The monoisotopic (exact) mass is 544 g/mol. The fourth-order valence-electron chi connectivity index (χ4n) is 7.04. The van der Waals surface area contributed by atoms with Gasteiger partial charge in [-0.1, -0.05) is 107 Å². The fourth-order valence-corrected chi connectivity index (χ4v) is 7.04. The first-order valence-electron chi connectivity index (χ1n) is 15.5. The van der Waals surface area contributed by atoms with E-state index >= 15 is 4.39 Å². The molecule has 212 valence electrons. The average molecular weight is 545 g/mol. The van der Waals surface area contributed by atoms with Crippen LogP contribution in [0, 0.1) is 35.2 Å². The summed E-state index contributed by atoms with van der Waals surface area (Å²) >= 11 is 0. The van der Waals surface area contributed by atoms with Gasteiger partial charge in [0.05, 0.1) is 0 Å². The van der Waals surface area contributed by atoms with E-state index in [0.717, 1.165) is 53.7 Å². The molecule has 1 saturated carbocycles. The highest BCUT2D eigenvalue weighted by molar-refractivity contribution is 5.74. The Labute approximate surface area is 238 Å². The van der Waals surface area contributed by atoms with Gasteiger partial charge in [-0.2, -0.15) is 0 Å². The van der Waals surface area contributed by atoms with Gasteiger partial charge in [-0.15, -0.1) is 0 Å². The summed E-state index contributed by atoms with van der Waals surface area (Å²) in [5.41, 5.74) is 4.70. The lowest BCUT2D eigenvalue weighted by Gasteiger charge is -2.35. The van der Waals surface area contributed by atoms with Gasteiger partial charge < -0.3 is 0 Å². The minimum Gasteiger partial charge on any atom is -0.206 e. The summed E-state index contributed by atoms with van der Waals surface area (Å²) in [5, 5.41) is 0. The third-order valence-electron chi connectivity index (χ3n) is 9.61. The number of aryl methyl sites for hydroxylation is 1. The molecule has 0 bridgehead atoms. The van der Waals surface area contributed by atoms with Crippen molar-refractivity contribution in [1.29, 1.82) is 0 Å². The molecule has 0 nitrogen and oxygen atoms in total. The Morgan fingerprint density at radius 3 is 2.02 bits per heavy atom. The van der Waals surface area contributed by atoms with Crippen LogP contribution in [0.1, 0.15) is 95.6 Å². The molecule has 0 spiro atoms. The van der Waals surface area contributed by atoms with E-state index in [4.69, 9.17) is 0 Å². The van der Waals surface area contributed by atoms with Crippen molar-refractivity contribution in [2.75, 3.05) is 0 Å². The molecule has 40 heavy (non-hydrogen) atoms. The van der Waals surface area contributed by atoms with Gasteiger partial charge >= 0.3 is 0 Å². The summed E-state index contributed by atoms with van der Waals surface area (Å²) in [4.78, 5) is 0. The van der Waals surface area contributed by atoms with E-state index in [2.05, 4.69) is 13.0 Å². The van der Waals surface area contributed by atoms with Crippen molar-refractivity contribution in [2.45, 2.75) is 90.9 Å². The molecule has 0 aliphatic heterocycles. The second kappa shape index (κ2) is 13.2. The van der Waals surface area contributed by atoms with Crippen LogP contribution < -0.4 is 0 Å². The number of halogens is 3. The Kier molecular flexibility index (Phi) is 9.50. The van der Waals surface area contributed by atoms with E-state index in [9.17, 15) is 8.78 Å². The predicted molar refractivity (Wildman–Crippen MR) is 161 cm³/mol. The molecule has 5 rings (SSSR count). The van der Waals surface area contributed by atoms with Gasteiger partial charge in [0.25, 0.3) is 0 Å². The SMILES string of the molecule is CCCCCC1CCC(C2CC=C(c3ccc(-c4ccc(-c5ccc(CC)c(F)c5F)cc4)cc3F)CC2)CC1. The first kappa shape index (κ1) is 28.7. The van der Waals surface area contributed by atoms with Crippen LogP contribution in [0.4, 0.5) is 13.2 Å². The number of unbranched alkanes of at least 4 members (excludes halogenated alkanes) is 2. The summed E-state index contributed by atoms with van der Waals surface area (Å²) < 4.78 is 44.2. The summed E-state index contributed by atoms with van der Waals surface area (Å²) in [6, 6.07) is 16.0. The zero-order valence-corrected chi connectivity index (χ0v) is 24.1. The number of hydrogen-bond donors (Lipinski definition) is 0. The van der Waals surface area contributed by atoms with Gasteiger partial charge in [0, 0.05) is 11.1 Å². The molecule has 0 aromatic heterocycles. The topological polar surface area (TPSA) is 0 Å². The third kappa shape index (κ3) is 6.40. The molecule has 1 atom stereocenters. The maximum Gasteiger partial charge on any atom is 0.166 e. The summed E-state index contributed by atoms with van der Waals surface area (Å²) in [5.74, 6) is 0.735. The van der Waals surface area contributed by atoms with Gasteiger partial charge in [-0.25, -0.2) is 13.2 Å². The standard InChI is InChI=1S/C37H43F3/c1-3-5-6-7-25-8-10-27(11-9-25)28-12-16-30(17-13-28)33-22-21-32(24-35(33)38)29-14-18-31(19-15-29)34-23-20-26(4-2)36(39)37(34)40/h14-16,18-25,27-28H,3-13,17H2,1-2H3. The maximum atomic E-state index is 15.3. The number of benzene rings is 3. The quantitative estimate of drug-likeness (QED) is 0.235. The van der Waals surface area contributed by atoms with Crippen LogP contribution >= 0.6 is 0 Å². The molecule has 0 amide bonds. The second-order valence-electron chi connectivity index (χ2n) is 12.1. The fraction of sp³-hybridized carbons (Fsp3) is 0.459. The molecule has 3 aromatic carbocycles. The Bertz CT molecular complexity index is 1310. The van der Waals surface area contributed by atoms with Crippen LogP contribution in [0.3, 0.4) is 0 Å². The molecular formula is C37H43F3.